The molecule has 2 aromatic carbocycles. The molecule has 0 aliphatic carbocycles. The molecule has 3 aromatic rings. The van der Waals surface area contributed by atoms with Gasteiger partial charge in [-0.05, 0) is 37.4 Å². The number of hydrogen-bond donors (Lipinski definition) is 0. The smallest absolute Gasteiger partial charge is 0.0722 e. The normalized spacial score (nSPS) is 11.1. The van der Waals surface area contributed by atoms with E-state index >= 15 is 0 Å². The van der Waals surface area contributed by atoms with Crippen LogP contribution in [0.1, 0.15) is 74.9 Å². The van der Waals surface area contributed by atoms with Crippen LogP contribution in [0.15, 0.2) is 60.8 Å². The molecular weight excluding hydrogens is 503 g/mol. The SMILES string of the molecule is C.C.C.CC.CC.CC.[CH2-]N1CCN(c2cccc3ncccc23)CC1.[CH2-]c1cccc(C)c1.[Y]. The molecule has 0 saturated carbocycles. The number of nitrogens with zero attached hydrogens (tertiary/aromatic N) is 3. The largest absolute Gasteiger partial charge is 0.456 e. The third kappa shape index (κ3) is 16.0. The summed E-state index contributed by atoms with van der Waals surface area (Å²) >= 11 is 0. The van der Waals surface area contributed by atoms with Crippen LogP contribution in [0, 0.1) is 20.9 Å². The molecular formula is C31H55N3Y-2. The molecule has 1 aromatic heterocycles. The van der Waals surface area contributed by atoms with E-state index in [-0.39, 0.29) is 55.0 Å². The van der Waals surface area contributed by atoms with Gasteiger partial charge in [0.05, 0.1) is 5.52 Å². The van der Waals surface area contributed by atoms with Crippen molar-refractivity contribution in [2.45, 2.75) is 70.7 Å². The van der Waals surface area contributed by atoms with Crippen molar-refractivity contribution in [1.82, 2.24) is 9.88 Å². The average molecular weight is 559 g/mol. The van der Waals surface area contributed by atoms with E-state index in [0.717, 1.165) is 37.3 Å². The van der Waals surface area contributed by atoms with Crippen LogP contribution in [0.2, 0.25) is 0 Å². The molecule has 1 aliphatic rings. The molecule has 1 radical (unpaired) electrons. The predicted molar refractivity (Wildman–Crippen MR) is 161 cm³/mol. The summed E-state index contributed by atoms with van der Waals surface area (Å²) in [6.45, 7) is 22.0. The van der Waals surface area contributed by atoms with Crippen molar-refractivity contribution in [1.29, 1.82) is 0 Å². The van der Waals surface area contributed by atoms with Crippen molar-refractivity contribution in [2.24, 2.45) is 0 Å². The summed E-state index contributed by atoms with van der Waals surface area (Å²) in [5.74, 6) is 0. The van der Waals surface area contributed by atoms with Gasteiger partial charge in [0, 0.05) is 63.1 Å². The zero-order chi connectivity index (χ0) is 23.6. The van der Waals surface area contributed by atoms with Crippen molar-refractivity contribution in [3.05, 3.63) is 85.9 Å². The topological polar surface area (TPSA) is 19.4 Å². The Balaban J connectivity index is -0.000000144. The van der Waals surface area contributed by atoms with Gasteiger partial charge in [0.15, 0.2) is 0 Å². The second-order valence-electron chi connectivity index (χ2n) is 6.44. The van der Waals surface area contributed by atoms with Crippen LogP contribution in [-0.2, 0) is 32.7 Å². The maximum Gasteiger partial charge on any atom is 0.0722 e. The zero-order valence-corrected chi connectivity index (χ0v) is 24.3. The number of benzene rings is 2. The molecule has 4 rings (SSSR count). The molecule has 0 amide bonds. The number of anilines is 1. The van der Waals surface area contributed by atoms with Gasteiger partial charge in [0.1, 0.15) is 0 Å². The van der Waals surface area contributed by atoms with Gasteiger partial charge in [-0.1, -0.05) is 82.9 Å². The van der Waals surface area contributed by atoms with E-state index < -0.39 is 0 Å². The molecule has 199 valence electrons. The summed E-state index contributed by atoms with van der Waals surface area (Å²) in [5, 5.41) is 1.24. The van der Waals surface area contributed by atoms with Crippen LogP contribution in [-0.4, -0.2) is 36.1 Å². The number of aryl methyl sites for hydroxylation is 1. The molecule has 0 N–H and O–H groups in total. The minimum Gasteiger partial charge on any atom is -0.456 e. The van der Waals surface area contributed by atoms with Gasteiger partial charge in [-0.25, -0.2) is 0 Å². The monoisotopic (exact) mass is 558 g/mol. The van der Waals surface area contributed by atoms with Crippen molar-refractivity contribution in [2.75, 3.05) is 31.1 Å². The fourth-order valence-electron chi connectivity index (χ4n) is 3.06. The van der Waals surface area contributed by atoms with E-state index in [2.05, 4.69) is 72.1 Å². The van der Waals surface area contributed by atoms with E-state index in [1.165, 1.54) is 16.6 Å². The summed E-state index contributed by atoms with van der Waals surface area (Å²) in [5.41, 5.74) is 4.73. The van der Waals surface area contributed by atoms with Gasteiger partial charge in [-0.15, -0.1) is 11.6 Å². The first-order valence-electron chi connectivity index (χ1n) is 11.7. The Hall–Kier alpha value is -1.42. The summed E-state index contributed by atoms with van der Waals surface area (Å²) in [7, 11) is 3.98. The van der Waals surface area contributed by atoms with Gasteiger partial charge < -0.3 is 9.80 Å². The van der Waals surface area contributed by atoms with E-state index in [4.69, 9.17) is 0 Å². The van der Waals surface area contributed by atoms with Gasteiger partial charge >= 0.3 is 0 Å². The number of piperazine rings is 1. The van der Waals surface area contributed by atoms with Gasteiger partial charge in [0.2, 0.25) is 0 Å². The van der Waals surface area contributed by atoms with Gasteiger partial charge in [-0.2, -0.15) is 24.6 Å². The van der Waals surface area contributed by atoms with Crippen LogP contribution < -0.4 is 4.90 Å². The third-order valence-electron chi connectivity index (χ3n) is 4.42. The van der Waals surface area contributed by atoms with Crippen molar-refractivity contribution >= 4 is 16.6 Å². The Kier molecular flexibility index (Phi) is 33.9. The van der Waals surface area contributed by atoms with Crippen LogP contribution in [0.4, 0.5) is 5.69 Å². The second kappa shape index (κ2) is 27.2. The molecule has 35 heavy (non-hydrogen) atoms. The summed E-state index contributed by atoms with van der Waals surface area (Å²) in [6, 6.07) is 18.6. The van der Waals surface area contributed by atoms with E-state index in [1.807, 2.05) is 65.9 Å². The first-order valence-corrected chi connectivity index (χ1v) is 11.7. The van der Waals surface area contributed by atoms with Crippen molar-refractivity contribution in [3.8, 4) is 0 Å². The maximum atomic E-state index is 4.40. The fraction of sp³-hybridized carbons (Fsp3) is 0.452. The maximum absolute atomic E-state index is 4.40. The Morgan fingerprint density at radius 1 is 0.743 bits per heavy atom. The second-order valence-corrected chi connectivity index (χ2v) is 6.44. The molecule has 4 heteroatoms. The molecule has 3 nitrogen and oxygen atoms in total. The minimum atomic E-state index is 0. The summed E-state index contributed by atoms with van der Waals surface area (Å²) < 4.78 is 0. The molecule has 1 fully saturated rings. The first kappa shape index (κ1) is 43.6. The van der Waals surface area contributed by atoms with Crippen LogP contribution in [0.25, 0.3) is 10.9 Å². The molecule has 2 heterocycles. The Morgan fingerprint density at radius 2 is 1.29 bits per heavy atom. The number of pyridine rings is 1. The van der Waals surface area contributed by atoms with Crippen molar-refractivity contribution < 1.29 is 32.7 Å². The average Bonchev–Trinajstić information content (AvgIpc) is 2.83. The third-order valence-corrected chi connectivity index (χ3v) is 4.42. The molecule has 0 spiro atoms. The van der Waals surface area contributed by atoms with E-state index in [1.54, 1.807) is 0 Å². The van der Waals surface area contributed by atoms with Gasteiger partial charge in [-0.3, -0.25) is 12.0 Å². The number of hydrogen-bond acceptors (Lipinski definition) is 3. The molecule has 0 unspecified atom stereocenters. The molecule has 0 atom stereocenters. The Morgan fingerprint density at radius 3 is 1.77 bits per heavy atom. The number of aromatic nitrogens is 1. The molecule has 1 aliphatic heterocycles. The predicted octanol–water partition coefficient (Wildman–Crippen LogP) is 9.31. The summed E-state index contributed by atoms with van der Waals surface area (Å²) in [6.07, 6.45) is 1.85. The number of fused-ring (bicyclic) bond motifs is 1. The molecule has 0 bridgehead atoms. The van der Waals surface area contributed by atoms with Crippen LogP contribution in [0.3, 0.4) is 0 Å². The first-order chi connectivity index (χ1) is 15.1. The zero-order valence-electron chi connectivity index (χ0n) is 21.4. The summed E-state index contributed by atoms with van der Waals surface area (Å²) in [4.78, 5) is 8.95. The fourth-order valence-corrected chi connectivity index (χ4v) is 3.06. The van der Waals surface area contributed by atoms with Crippen molar-refractivity contribution in [3.63, 3.8) is 0 Å². The van der Waals surface area contributed by atoms with Gasteiger partial charge in [0.25, 0.3) is 0 Å². The van der Waals surface area contributed by atoms with Crippen LogP contribution in [0.5, 0.6) is 0 Å². The van der Waals surface area contributed by atoms with Crippen LogP contribution >= 0.6 is 0 Å². The molecule has 1 saturated heterocycles. The van der Waals surface area contributed by atoms with E-state index in [9.17, 15) is 0 Å². The standard InChI is InChI=1S/C14H16N3.C8H9.3C2H6.3CH4.Y/c1-16-8-10-17(11-9-16)14-6-2-5-13-12(14)4-3-7-15-13;1-7-4-3-5-8(2)6-7;3*1-2;;;;/h2-7H,1,8-11H2;3-6H,1H2,2H3;3*1-2H3;3*1H4;/q2*-1;;;;;;;. The quantitative estimate of drug-likeness (QED) is 0.278. The van der Waals surface area contributed by atoms with E-state index in [0.29, 0.717) is 0 Å². The minimum absolute atomic E-state index is 0. The Bertz CT molecular complexity index is 806. The Labute approximate surface area is 245 Å². The number of rotatable bonds is 1.